The molecule has 1 heterocycles. The Morgan fingerprint density at radius 2 is 1.76 bits per heavy atom. The molecule has 0 atom stereocenters. The molecule has 0 saturated heterocycles. The second-order valence-corrected chi connectivity index (χ2v) is 3.13. The second-order valence-electron chi connectivity index (χ2n) is 3.13. The van der Waals surface area contributed by atoms with Crippen LogP contribution in [0.15, 0.2) is 18.5 Å². The number of methoxy groups -OCH3 is 2. The van der Waals surface area contributed by atoms with E-state index in [9.17, 15) is 14.4 Å². The minimum atomic E-state index is -0.640. The lowest BCUT2D eigenvalue weighted by Gasteiger charge is -2.02. The SMILES string of the molecule is COC(=O)CC(=O)c1cncc(C(=O)OC)c1. The van der Waals surface area contributed by atoms with Gasteiger partial charge in [0.2, 0.25) is 0 Å². The number of pyridine rings is 1. The first-order valence-electron chi connectivity index (χ1n) is 4.72. The molecule has 0 aliphatic heterocycles. The largest absolute Gasteiger partial charge is 0.469 e. The van der Waals surface area contributed by atoms with E-state index in [2.05, 4.69) is 14.5 Å². The molecule has 0 aromatic carbocycles. The molecule has 90 valence electrons. The van der Waals surface area contributed by atoms with Crippen LogP contribution in [-0.4, -0.2) is 36.9 Å². The van der Waals surface area contributed by atoms with Crippen LogP contribution in [0.5, 0.6) is 0 Å². The van der Waals surface area contributed by atoms with Gasteiger partial charge in [-0.15, -0.1) is 0 Å². The van der Waals surface area contributed by atoms with Gasteiger partial charge in [0.25, 0.3) is 0 Å². The molecule has 1 rings (SSSR count). The Bertz CT molecular complexity index is 455. The number of nitrogens with zero attached hydrogens (tertiary/aromatic N) is 1. The standard InChI is InChI=1S/C11H11NO5/c1-16-10(14)4-9(13)7-3-8(6-12-5-7)11(15)17-2/h3,5-6H,4H2,1-2H3. The maximum absolute atomic E-state index is 11.6. The van der Waals surface area contributed by atoms with Crippen molar-refractivity contribution in [1.29, 1.82) is 0 Å². The fourth-order valence-electron chi connectivity index (χ4n) is 1.13. The fourth-order valence-corrected chi connectivity index (χ4v) is 1.13. The summed E-state index contributed by atoms with van der Waals surface area (Å²) in [4.78, 5) is 37.4. The molecule has 0 N–H and O–H groups in total. The number of esters is 2. The summed E-state index contributed by atoms with van der Waals surface area (Å²) in [6.07, 6.45) is 2.17. The van der Waals surface area contributed by atoms with Gasteiger partial charge in [-0.2, -0.15) is 0 Å². The highest BCUT2D eigenvalue weighted by Gasteiger charge is 2.14. The molecule has 1 aromatic heterocycles. The summed E-state index contributed by atoms with van der Waals surface area (Å²) in [5.41, 5.74) is 0.321. The van der Waals surface area contributed by atoms with Crippen LogP contribution in [0.4, 0.5) is 0 Å². The van der Waals surface area contributed by atoms with E-state index in [4.69, 9.17) is 0 Å². The van der Waals surface area contributed by atoms with Crippen LogP contribution in [0.3, 0.4) is 0 Å². The summed E-state index contributed by atoms with van der Waals surface area (Å²) in [6.45, 7) is 0. The van der Waals surface area contributed by atoms with Crippen LogP contribution in [0.2, 0.25) is 0 Å². The highest BCUT2D eigenvalue weighted by molar-refractivity contribution is 6.06. The first kappa shape index (κ1) is 12.8. The molecule has 0 saturated carbocycles. The van der Waals surface area contributed by atoms with Gasteiger partial charge >= 0.3 is 11.9 Å². The number of ketones is 1. The number of Topliss-reactive ketones (excluding diaryl/α,β-unsaturated/α-hetero) is 1. The predicted octanol–water partition coefficient (Wildman–Crippen LogP) is 0.614. The van der Waals surface area contributed by atoms with Crippen molar-refractivity contribution in [3.05, 3.63) is 29.6 Å². The van der Waals surface area contributed by atoms with E-state index in [-0.39, 0.29) is 17.5 Å². The van der Waals surface area contributed by atoms with E-state index in [1.54, 1.807) is 0 Å². The number of hydrogen-bond donors (Lipinski definition) is 0. The van der Waals surface area contributed by atoms with Crippen LogP contribution >= 0.6 is 0 Å². The van der Waals surface area contributed by atoms with Crippen molar-refractivity contribution in [3.8, 4) is 0 Å². The molecule has 0 aliphatic carbocycles. The van der Waals surface area contributed by atoms with Gasteiger partial charge < -0.3 is 9.47 Å². The Hall–Kier alpha value is -2.24. The number of carbonyl (C=O) groups excluding carboxylic acids is 3. The molecular formula is C11H11NO5. The molecule has 0 radical (unpaired) electrons. The van der Waals surface area contributed by atoms with Gasteiger partial charge in [0.1, 0.15) is 6.42 Å². The zero-order valence-corrected chi connectivity index (χ0v) is 9.43. The minimum absolute atomic E-state index is 0.156. The Balaban J connectivity index is 2.88. The van der Waals surface area contributed by atoms with E-state index in [0.29, 0.717) is 0 Å². The normalized spacial score (nSPS) is 9.53. The maximum Gasteiger partial charge on any atom is 0.339 e. The van der Waals surface area contributed by atoms with Crippen molar-refractivity contribution < 1.29 is 23.9 Å². The van der Waals surface area contributed by atoms with E-state index >= 15 is 0 Å². The Kier molecular flexibility index (Phi) is 4.33. The monoisotopic (exact) mass is 237 g/mol. The van der Waals surface area contributed by atoms with Crippen molar-refractivity contribution >= 4 is 17.7 Å². The molecule has 0 spiro atoms. The summed E-state index contributed by atoms with van der Waals surface area (Å²) in [5.74, 6) is -1.70. The minimum Gasteiger partial charge on any atom is -0.469 e. The molecule has 0 aliphatic rings. The van der Waals surface area contributed by atoms with E-state index in [1.165, 1.54) is 32.7 Å². The van der Waals surface area contributed by atoms with Gasteiger partial charge in [0.05, 0.1) is 19.8 Å². The zero-order valence-electron chi connectivity index (χ0n) is 9.43. The molecule has 0 fully saturated rings. The number of aromatic nitrogens is 1. The van der Waals surface area contributed by atoms with Crippen molar-refractivity contribution in [2.75, 3.05) is 14.2 Å². The first-order valence-corrected chi connectivity index (χ1v) is 4.72. The van der Waals surface area contributed by atoms with E-state index in [1.807, 2.05) is 0 Å². The quantitative estimate of drug-likeness (QED) is 0.433. The molecular weight excluding hydrogens is 226 g/mol. The number of rotatable bonds is 4. The first-order chi connectivity index (χ1) is 8.08. The number of ether oxygens (including phenoxy) is 2. The molecule has 0 unspecified atom stereocenters. The highest BCUT2D eigenvalue weighted by atomic mass is 16.5. The van der Waals surface area contributed by atoms with Crippen LogP contribution in [-0.2, 0) is 14.3 Å². The molecule has 6 heteroatoms. The van der Waals surface area contributed by atoms with Crippen LogP contribution in [0, 0.1) is 0 Å². The lowest BCUT2D eigenvalue weighted by Crippen LogP contribution is -2.11. The zero-order chi connectivity index (χ0) is 12.8. The highest BCUT2D eigenvalue weighted by Crippen LogP contribution is 2.07. The lowest BCUT2D eigenvalue weighted by molar-refractivity contribution is -0.139. The molecule has 17 heavy (non-hydrogen) atoms. The van der Waals surface area contributed by atoms with Crippen molar-refractivity contribution in [3.63, 3.8) is 0 Å². The average molecular weight is 237 g/mol. The van der Waals surface area contributed by atoms with Gasteiger partial charge in [-0.1, -0.05) is 0 Å². The predicted molar refractivity (Wildman–Crippen MR) is 56.5 cm³/mol. The van der Waals surface area contributed by atoms with Crippen LogP contribution < -0.4 is 0 Å². The van der Waals surface area contributed by atoms with E-state index < -0.39 is 17.7 Å². The third-order valence-electron chi connectivity index (χ3n) is 2.01. The van der Waals surface area contributed by atoms with Crippen LogP contribution in [0.1, 0.15) is 27.1 Å². The molecule has 6 nitrogen and oxygen atoms in total. The summed E-state index contributed by atoms with van der Waals surface area (Å²) in [7, 11) is 2.42. The Morgan fingerprint density at radius 1 is 1.12 bits per heavy atom. The average Bonchev–Trinajstić information content (AvgIpc) is 2.37. The van der Waals surface area contributed by atoms with E-state index in [0.717, 1.165) is 0 Å². The number of carbonyl (C=O) groups is 3. The van der Waals surface area contributed by atoms with Crippen LogP contribution in [0.25, 0.3) is 0 Å². The van der Waals surface area contributed by atoms with Crippen molar-refractivity contribution in [1.82, 2.24) is 4.98 Å². The molecule has 1 aromatic rings. The summed E-state index contributed by atoms with van der Waals surface area (Å²) < 4.78 is 8.86. The summed E-state index contributed by atoms with van der Waals surface area (Å²) >= 11 is 0. The second kappa shape index (κ2) is 5.74. The van der Waals surface area contributed by atoms with Gasteiger partial charge in [0, 0.05) is 18.0 Å². The van der Waals surface area contributed by atoms with Crippen molar-refractivity contribution in [2.24, 2.45) is 0 Å². The summed E-state index contributed by atoms with van der Waals surface area (Å²) in [5, 5.41) is 0. The topological polar surface area (TPSA) is 82.6 Å². The number of hydrogen-bond acceptors (Lipinski definition) is 6. The Morgan fingerprint density at radius 3 is 2.35 bits per heavy atom. The van der Waals surface area contributed by atoms with Gasteiger partial charge in [-0.05, 0) is 6.07 Å². The van der Waals surface area contributed by atoms with Crippen molar-refractivity contribution in [2.45, 2.75) is 6.42 Å². The fraction of sp³-hybridized carbons (Fsp3) is 0.273. The smallest absolute Gasteiger partial charge is 0.339 e. The van der Waals surface area contributed by atoms with Gasteiger partial charge in [0.15, 0.2) is 5.78 Å². The van der Waals surface area contributed by atoms with Gasteiger partial charge in [-0.3, -0.25) is 14.6 Å². The third-order valence-corrected chi connectivity index (χ3v) is 2.01. The molecule has 0 amide bonds. The third kappa shape index (κ3) is 3.37. The maximum atomic E-state index is 11.6. The van der Waals surface area contributed by atoms with Gasteiger partial charge in [-0.25, -0.2) is 4.79 Å². The Labute approximate surface area is 97.6 Å². The molecule has 0 bridgehead atoms. The summed E-state index contributed by atoms with van der Waals surface area (Å²) in [6, 6.07) is 1.32. The lowest BCUT2D eigenvalue weighted by atomic mass is 10.1.